The lowest BCUT2D eigenvalue weighted by atomic mass is 10.0. The van der Waals surface area contributed by atoms with E-state index < -0.39 is 10.2 Å². The van der Waals surface area contributed by atoms with Crippen molar-refractivity contribution in [1.29, 1.82) is 0 Å². The normalized spacial score (nSPS) is 19.7. The van der Waals surface area contributed by atoms with E-state index in [1.807, 2.05) is 19.2 Å². The van der Waals surface area contributed by atoms with Crippen molar-refractivity contribution in [3.05, 3.63) is 30.6 Å². The second-order valence-electron chi connectivity index (χ2n) is 6.02. The maximum Gasteiger partial charge on any atom is 0.301 e. The van der Waals surface area contributed by atoms with Gasteiger partial charge in [0, 0.05) is 25.7 Å². The molecule has 0 spiro atoms. The molecule has 1 N–H and O–H groups in total. The molecule has 3 rings (SSSR count). The van der Waals surface area contributed by atoms with Gasteiger partial charge in [-0.15, -0.1) is 10.2 Å². The van der Waals surface area contributed by atoms with Gasteiger partial charge in [-0.3, -0.25) is 4.72 Å². The zero-order valence-electron chi connectivity index (χ0n) is 13.3. The Morgan fingerprint density at radius 1 is 1.30 bits per heavy atom. The Morgan fingerprint density at radius 2 is 2.09 bits per heavy atom. The van der Waals surface area contributed by atoms with Crippen molar-refractivity contribution in [3.8, 4) is 11.4 Å². The average molecular weight is 335 g/mol. The third kappa shape index (κ3) is 3.37. The highest BCUT2D eigenvalue weighted by Gasteiger charge is 2.27. The van der Waals surface area contributed by atoms with Gasteiger partial charge in [-0.2, -0.15) is 12.7 Å². The van der Waals surface area contributed by atoms with Crippen LogP contribution >= 0.6 is 0 Å². The number of piperidine rings is 1. The molecule has 8 heteroatoms. The summed E-state index contributed by atoms with van der Waals surface area (Å²) in [6.45, 7) is 3.20. The van der Waals surface area contributed by atoms with E-state index in [-0.39, 0.29) is 0 Å². The average Bonchev–Trinajstić information content (AvgIpc) is 2.93. The summed E-state index contributed by atoms with van der Waals surface area (Å²) in [6.07, 6.45) is 3.56. The first-order chi connectivity index (χ1) is 11.0. The third-order valence-corrected chi connectivity index (χ3v) is 5.57. The second kappa shape index (κ2) is 6.29. The molecule has 0 radical (unpaired) electrons. The Bertz CT molecular complexity index is 787. The van der Waals surface area contributed by atoms with Crippen LogP contribution in [0.1, 0.15) is 19.8 Å². The largest absolute Gasteiger partial charge is 0.317 e. The standard InChI is InChI=1S/C15H21N5O2S/c1-12-6-5-9-20(10-12)23(21,22)18-14-8-4-3-7-13(14)15-17-16-11-19(15)2/h3-4,7-8,11-12,18H,5-6,9-10H2,1-2H3. The number of anilines is 1. The summed E-state index contributed by atoms with van der Waals surface area (Å²) in [5.41, 5.74) is 1.22. The molecule has 0 aliphatic carbocycles. The topological polar surface area (TPSA) is 80.1 Å². The van der Waals surface area contributed by atoms with Crippen molar-refractivity contribution in [2.24, 2.45) is 13.0 Å². The number of nitrogens with one attached hydrogen (secondary N) is 1. The Morgan fingerprint density at radius 3 is 2.78 bits per heavy atom. The molecule has 2 aromatic rings. The monoisotopic (exact) mass is 335 g/mol. The quantitative estimate of drug-likeness (QED) is 0.925. The summed E-state index contributed by atoms with van der Waals surface area (Å²) in [5.74, 6) is 1.00. The molecule has 1 unspecified atom stereocenters. The van der Waals surface area contributed by atoms with Crippen molar-refractivity contribution < 1.29 is 8.42 Å². The van der Waals surface area contributed by atoms with Crippen LogP contribution < -0.4 is 4.72 Å². The van der Waals surface area contributed by atoms with Crippen LogP contribution in [0.15, 0.2) is 30.6 Å². The fraction of sp³-hybridized carbons (Fsp3) is 0.467. The van der Waals surface area contributed by atoms with Crippen LogP contribution in [0.2, 0.25) is 0 Å². The van der Waals surface area contributed by atoms with Gasteiger partial charge in [-0.25, -0.2) is 0 Å². The first-order valence-electron chi connectivity index (χ1n) is 7.68. The summed E-state index contributed by atoms with van der Waals surface area (Å²) >= 11 is 0. The minimum absolute atomic E-state index is 0.384. The molecule has 124 valence electrons. The number of rotatable bonds is 4. The predicted octanol–water partition coefficient (Wildman–Crippen LogP) is 1.87. The van der Waals surface area contributed by atoms with Crippen LogP contribution in [0.5, 0.6) is 0 Å². The lowest BCUT2D eigenvalue weighted by Crippen LogP contribution is -2.42. The van der Waals surface area contributed by atoms with E-state index in [2.05, 4.69) is 21.8 Å². The lowest BCUT2D eigenvalue weighted by Gasteiger charge is -2.30. The number of hydrogen-bond donors (Lipinski definition) is 1. The number of aryl methyl sites for hydroxylation is 1. The number of hydrogen-bond acceptors (Lipinski definition) is 4. The number of para-hydroxylation sites is 1. The molecule has 0 amide bonds. The van der Waals surface area contributed by atoms with E-state index in [0.717, 1.165) is 12.8 Å². The fourth-order valence-electron chi connectivity index (χ4n) is 2.86. The van der Waals surface area contributed by atoms with Crippen LogP contribution in [-0.4, -0.2) is 40.6 Å². The zero-order valence-corrected chi connectivity index (χ0v) is 14.1. The molecule has 1 aliphatic rings. The van der Waals surface area contributed by atoms with Crippen molar-refractivity contribution in [3.63, 3.8) is 0 Å². The summed E-state index contributed by atoms with van der Waals surface area (Å²) in [5, 5.41) is 7.93. The van der Waals surface area contributed by atoms with Gasteiger partial charge < -0.3 is 4.57 Å². The Hall–Kier alpha value is -1.93. The van der Waals surface area contributed by atoms with Gasteiger partial charge in [0.25, 0.3) is 0 Å². The van der Waals surface area contributed by atoms with Crippen molar-refractivity contribution in [2.45, 2.75) is 19.8 Å². The summed E-state index contributed by atoms with van der Waals surface area (Å²) in [4.78, 5) is 0. The Balaban J connectivity index is 1.90. The zero-order chi connectivity index (χ0) is 16.4. The highest BCUT2D eigenvalue weighted by molar-refractivity contribution is 7.90. The smallest absolute Gasteiger partial charge is 0.301 e. The molecule has 1 aromatic carbocycles. The summed E-state index contributed by atoms with van der Waals surface area (Å²) < 4.78 is 31.4. The Kier molecular flexibility index (Phi) is 4.36. The first-order valence-corrected chi connectivity index (χ1v) is 9.12. The minimum Gasteiger partial charge on any atom is -0.317 e. The fourth-order valence-corrected chi connectivity index (χ4v) is 4.27. The minimum atomic E-state index is -3.57. The van der Waals surface area contributed by atoms with E-state index in [9.17, 15) is 8.42 Å². The van der Waals surface area contributed by atoms with Gasteiger partial charge in [0.2, 0.25) is 0 Å². The molecule has 2 heterocycles. The highest BCUT2D eigenvalue weighted by atomic mass is 32.2. The molecule has 1 fully saturated rings. The van der Waals surface area contributed by atoms with E-state index >= 15 is 0 Å². The van der Waals surface area contributed by atoms with Crippen LogP contribution in [0.3, 0.4) is 0 Å². The SMILES string of the molecule is CC1CCCN(S(=O)(=O)Nc2ccccc2-c2nncn2C)C1. The molecule has 7 nitrogen and oxygen atoms in total. The number of aromatic nitrogens is 3. The van der Waals surface area contributed by atoms with Crippen molar-refractivity contribution in [2.75, 3.05) is 17.8 Å². The van der Waals surface area contributed by atoms with E-state index in [0.29, 0.717) is 36.1 Å². The lowest BCUT2D eigenvalue weighted by molar-refractivity contribution is 0.282. The molecule has 1 saturated heterocycles. The maximum atomic E-state index is 12.7. The summed E-state index contributed by atoms with van der Waals surface area (Å²) in [7, 11) is -1.74. The Labute approximate surface area is 136 Å². The van der Waals surface area contributed by atoms with E-state index in [4.69, 9.17) is 0 Å². The molecule has 1 aliphatic heterocycles. The number of benzene rings is 1. The van der Waals surface area contributed by atoms with Crippen LogP contribution in [0, 0.1) is 5.92 Å². The molecule has 0 saturated carbocycles. The molecular formula is C15H21N5O2S. The first kappa shape index (κ1) is 15.9. The number of nitrogens with zero attached hydrogens (tertiary/aromatic N) is 4. The molecule has 1 atom stereocenters. The van der Waals surface area contributed by atoms with Crippen LogP contribution in [-0.2, 0) is 17.3 Å². The van der Waals surface area contributed by atoms with E-state index in [1.54, 1.807) is 23.0 Å². The molecular weight excluding hydrogens is 314 g/mol. The van der Waals surface area contributed by atoms with Crippen molar-refractivity contribution >= 4 is 15.9 Å². The van der Waals surface area contributed by atoms with Crippen LogP contribution in [0.4, 0.5) is 5.69 Å². The van der Waals surface area contributed by atoms with Gasteiger partial charge in [0.15, 0.2) is 5.82 Å². The second-order valence-corrected chi connectivity index (χ2v) is 7.69. The maximum absolute atomic E-state index is 12.7. The van der Waals surface area contributed by atoms with E-state index in [1.165, 1.54) is 4.31 Å². The molecule has 1 aromatic heterocycles. The summed E-state index contributed by atoms with van der Waals surface area (Å²) in [6, 6.07) is 7.23. The van der Waals surface area contributed by atoms with Gasteiger partial charge >= 0.3 is 10.2 Å². The van der Waals surface area contributed by atoms with Gasteiger partial charge in [0.1, 0.15) is 6.33 Å². The predicted molar refractivity (Wildman–Crippen MR) is 89.0 cm³/mol. The highest BCUT2D eigenvalue weighted by Crippen LogP contribution is 2.28. The van der Waals surface area contributed by atoms with Gasteiger partial charge in [0.05, 0.1) is 5.69 Å². The third-order valence-electron chi connectivity index (χ3n) is 4.08. The van der Waals surface area contributed by atoms with Crippen LogP contribution in [0.25, 0.3) is 11.4 Å². The van der Waals surface area contributed by atoms with Gasteiger partial charge in [-0.05, 0) is 30.9 Å². The van der Waals surface area contributed by atoms with Gasteiger partial charge in [-0.1, -0.05) is 19.1 Å². The molecule has 0 bridgehead atoms. The molecule has 23 heavy (non-hydrogen) atoms. The van der Waals surface area contributed by atoms with Crippen molar-refractivity contribution in [1.82, 2.24) is 19.1 Å².